The van der Waals surface area contributed by atoms with E-state index in [1.165, 1.54) is 35.3 Å². The van der Waals surface area contributed by atoms with Crippen LogP contribution in [-0.2, 0) is 24.1 Å². The highest BCUT2D eigenvalue weighted by Crippen LogP contribution is 2.25. The number of fused-ring (bicyclic) bond motifs is 1. The van der Waals surface area contributed by atoms with Gasteiger partial charge in [0.2, 0.25) is 0 Å². The maximum atomic E-state index is 12.2. The summed E-state index contributed by atoms with van der Waals surface area (Å²) in [5, 5.41) is 4.12. The first kappa shape index (κ1) is 19.0. The van der Waals surface area contributed by atoms with Gasteiger partial charge < -0.3 is 4.74 Å². The minimum atomic E-state index is -0.204. The van der Waals surface area contributed by atoms with Crippen molar-refractivity contribution in [1.29, 1.82) is 0 Å². The van der Waals surface area contributed by atoms with E-state index >= 15 is 0 Å². The summed E-state index contributed by atoms with van der Waals surface area (Å²) in [5.41, 5.74) is 3.90. The monoisotopic (exact) mass is 412 g/mol. The van der Waals surface area contributed by atoms with Crippen LogP contribution in [0.1, 0.15) is 34.4 Å². The second-order valence-electron chi connectivity index (χ2n) is 6.91. The molecule has 0 atom stereocenters. The first-order valence-electron chi connectivity index (χ1n) is 9.39. The predicted octanol–water partition coefficient (Wildman–Crippen LogP) is 5.28. The van der Waals surface area contributed by atoms with Gasteiger partial charge in [-0.15, -0.1) is 11.3 Å². The van der Waals surface area contributed by atoms with Crippen LogP contribution in [0.2, 0.25) is 5.02 Å². The first-order valence-corrected chi connectivity index (χ1v) is 10.6. The summed E-state index contributed by atoms with van der Waals surface area (Å²) in [5.74, 6) is 0.545. The molecule has 0 fully saturated rings. The van der Waals surface area contributed by atoms with Crippen molar-refractivity contribution in [3.63, 3.8) is 0 Å². The molecule has 1 amide bonds. The number of thiazole rings is 1. The van der Waals surface area contributed by atoms with E-state index in [4.69, 9.17) is 16.3 Å². The molecular formula is C22H21ClN2O2S. The fraction of sp³-hybridized carbons (Fsp3) is 0.273. The lowest BCUT2D eigenvalue weighted by atomic mass is 9.92. The van der Waals surface area contributed by atoms with Crippen LogP contribution in [-0.4, -0.2) is 17.5 Å². The molecule has 1 N–H and O–H groups in total. The number of aryl methyl sites for hydroxylation is 2. The van der Waals surface area contributed by atoms with E-state index < -0.39 is 0 Å². The van der Waals surface area contributed by atoms with Crippen LogP contribution in [0.3, 0.4) is 0 Å². The second-order valence-corrected chi connectivity index (χ2v) is 8.46. The molecule has 0 spiro atoms. The van der Waals surface area contributed by atoms with Crippen LogP contribution in [0.4, 0.5) is 5.13 Å². The normalized spacial score (nSPS) is 13.0. The van der Waals surface area contributed by atoms with Crippen molar-refractivity contribution in [2.24, 2.45) is 0 Å². The summed E-state index contributed by atoms with van der Waals surface area (Å²) < 4.78 is 5.67. The Bertz CT molecular complexity index is 969. The van der Waals surface area contributed by atoms with Crippen LogP contribution in [0.15, 0.2) is 48.7 Å². The summed E-state index contributed by atoms with van der Waals surface area (Å²) in [6.07, 6.45) is 7.26. The number of carbonyl (C=O) groups excluding carboxylic acids is 1. The molecule has 3 aromatic rings. The summed E-state index contributed by atoms with van der Waals surface area (Å²) in [6.45, 7) is -0.0229. The summed E-state index contributed by atoms with van der Waals surface area (Å²) in [7, 11) is 0. The zero-order valence-electron chi connectivity index (χ0n) is 15.4. The molecule has 28 heavy (non-hydrogen) atoms. The molecule has 4 nitrogen and oxygen atoms in total. The smallest absolute Gasteiger partial charge is 0.264 e. The molecule has 0 aliphatic heterocycles. The van der Waals surface area contributed by atoms with Crippen LogP contribution < -0.4 is 10.1 Å². The number of hydrogen-bond acceptors (Lipinski definition) is 4. The number of hydrogen-bond donors (Lipinski definition) is 1. The number of ether oxygens (including phenoxy) is 1. The van der Waals surface area contributed by atoms with Crippen molar-refractivity contribution in [2.45, 2.75) is 32.1 Å². The van der Waals surface area contributed by atoms with Gasteiger partial charge >= 0.3 is 0 Å². The van der Waals surface area contributed by atoms with Crippen LogP contribution in [0, 0.1) is 0 Å². The van der Waals surface area contributed by atoms with Crippen molar-refractivity contribution in [3.8, 4) is 5.75 Å². The Kier molecular flexibility index (Phi) is 5.93. The van der Waals surface area contributed by atoms with Gasteiger partial charge in [-0.2, -0.15) is 0 Å². The SMILES string of the molecule is O=C(COc1ccc2c(c1)CCCC2)Nc1ncc(Cc2ccc(Cl)cc2)s1. The molecular weight excluding hydrogens is 392 g/mol. The number of amides is 1. The van der Waals surface area contributed by atoms with E-state index in [9.17, 15) is 4.79 Å². The lowest BCUT2D eigenvalue weighted by Crippen LogP contribution is -2.20. The molecule has 144 valence electrons. The fourth-order valence-electron chi connectivity index (χ4n) is 3.35. The highest BCUT2D eigenvalue weighted by molar-refractivity contribution is 7.15. The third kappa shape index (κ3) is 4.91. The van der Waals surface area contributed by atoms with E-state index in [2.05, 4.69) is 22.4 Å². The van der Waals surface area contributed by atoms with Gasteiger partial charge in [0.25, 0.3) is 5.91 Å². The van der Waals surface area contributed by atoms with Gasteiger partial charge in [-0.25, -0.2) is 4.98 Å². The topological polar surface area (TPSA) is 51.2 Å². The van der Waals surface area contributed by atoms with E-state index in [1.807, 2.05) is 30.3 Å². The van der Waals surface area contributed by atoms with E-state index in [0.29, 0.717) is 5.13 Å². The largest absolute Gasteiger partial charge is 0.484 e. The molecule has 0 bridgehead atoms. The van der Waals surface area contributed by atoms with E-state index in [1.54, 1.807) is 6.20 Å². The van der Waals surface area contributed by atoms with Gasteiger partial charge in [0.15, 0.2) is 11.7 Å². The van der Waals surface area contributed by atoms with Crippen molar-refractivity contribution in [1.82, 2.24) is 4.98 Å². The van der Waals surface area contributed by atoms with Gasteiger partial charge in [0.1, 0.15) is 5.75 Å². The van der Waals surface area contributed by atoms with Crippen molar-refractivity contribution in [2.75, 3.05) is 11.9 Å². The van der Waals surface area contributed by atoms with Crippen LogP contribution in [0.25, 0.3) is 0 Å². The van der Waals surface area contributed by atoms with Crippen LogP contribution >= 0.6 is 22.9 Å². The first-order chi connectivity index (χ1) is 13.7. The highest BCUT2D eigenvalue weighted by Gasteiger charge is 2.12. The molecule has 0 radical (unpaired) electrons. The van der Waals surface area contributed by atoms with Gasteiger partial charge in [0.05, 0.1) is 0 Å². The minimum Gasteiger partial charge on any atom is -0.484 e. The summed E-state index contributed by atoms with van der Waals surface area (Å²) in [6, 6.07) is 13.9. The average Bonchev–Trinajstić information content (AvgIpc) is 3.14. The number of aromatic nitrogens is 1. The zero-order valence-corrected chi connectivity index (χ0v) is 17.0. The molecule has 1 aliphatic rings. The number of carbonyl (C=O) groups is 1. The molecule has 0 saturated heterocycles. The molecule has 6 heteroatoms. The molecule has 1 aromatic heterocycles. The Morgan fingerprint density at radius 2 is 1.89 bits per heavy atom. The maximum absolute atomic E-state index is 12.2. The molecule has 4 rings (SSSR count). The quantitative estimate of drug-likeness (QED) is 0.599. The maximum Gasteiger partial charge on any atom is 0.264 e. The lowest BCUT2D eigenvalue weighted by Gasteiger charge is -2.16. The lowest BCUT2D eigenvalue weighted by molar-refractivity contribution is -0.118. The number of halogens is 1. The number of benzene rings is 2. The van der Waals surface area contributed by atoms with Gasteiger partial charge in [-0.1, -0.05) is 29.8 Å². The molecule has 0 saturated carbocycles. The third-order valence-electron chi connectivity index (χ3n) is 4.78. The van der Waals surface area contributed by atoms with Crippen molar-refractivity contribution in [3.05, 3.63) is 75.3 Å². The predicted molar refractivity (Wildman–Crippen MR) is 114 cm³/mol. The van der Waals surface area contributed by atoms with Crippen molar-refractivity contribution < 1.29 is 9.53 Å². The van der Waals surface area contributed by atoms with Gasteiger partial charge in [-0.3, -0.25) is 10.1 Å². The number of nitrogens with zero attached hydrogens (tertiary/aromatic N) is 1. The number of nitrogens with one attached hydrogen (secondary N) is 1. The average molecular weight is 413 g/mol. The summed E-state index contributed by atoms with van der Waals surface area (Å²) >= 11 is 7.38. The number of rotatable bonds is 6. The van der Waals surface area contributed by atoms with E-state index in [0.717, 1.165) is 40.5 Å². The van der Waals surface area contributed by atoms with Gasteiger partial charge in [-0.05, 0) is 66.6 Å². The number of anilines is 1. The minimum absolute atomic E-state index is 0.0229. The highest BCUT2D eigenvalue weighted by atomic mass is 35.5. The zero-order chi connectivity index (χ0) is 19.3. The van der Waals surface area contributed by atoms with Crippen LogP contribution in [0.5, 0.6) is 5.75 Å². The Labute approximate surface area is 173 Å². The van der Waals surface area contributed by atoms with E-state index in [-0.39, 0.29) is 12.5 Å². The fourth-order valence-corrected chi connectivity index (χ4v) is 4.34. The second kappa shape index (κ2) is 8.76. The standard InChI is InChI=1S/C22H21ClN2O2S/c23-18-8-5-15(6-9-18)11-20-13-24-22(28-20)25-21(26)14-27-19-10-7-16-3-1-2-4-17(16)12-19/h5-10,12-13H,1-4,11,14H2,(H,24,25,26). The van der Waals surface area contributed by atoms with Gasteiger partial charge in [0, 0.05) is 22.5 Å². The van der Waals surface area contributed by atoms with Crippen molar-refractivity contribution >= 4 is 34.0 Å². The Balaban J connectivity index is 1.29. The molecule has 1 aliphatic carbocycles. The molecule has 2 aromatic carbocycles. The molecule has 1 heterocycles. The Hall–Kier alpha value is -2.37. The molecule has 0 unspecified atom stereocenters. The summed E-state index contributed by atoms with van der Waals surface area (Å²) in [4.78, 5) is 17.6. The Morgan fingerprint density at radius 3 is 2.71 bits per heavy atom. The third-order valence-corrected chi connectivity index (χ3v) is 5.95. The Morgan fingerprint density at radius 1 is 1.11 bits per heavy atom.